The monoisotopic (exact) mass is 358 g/mol. The number of rotatable bonds is 8. The molecule has 0 aromatic carbocycles. The second-order valence-electron chi connectivity index (χ2n) is 6.41. The predicted molar refractivity (Wildman–Crippen MR) is 97.5 cm³/mol. The molecule has 1 fully saturated rings. The van der Waals surface area contributed by atoms with E-state index in [9.17, 15) is 9.59 Å². The fourth-order valence-corrected chi connectivity index (χ4v) is 3.94. The number of hydrogen-bond donors (Lipinski definition) is 1. The molecule has 1 N–H and O–H groups in total. The highest BCUT2D eigenvalue weighted by molar-refractivity contribution is 7.99. The highest BCUT2D eigenvalue weighted by Crippen LogP contribution is 2.40. The van der Waals surface area contributed by atoms with E-state index in [4.69, 9.17) is 0 Å². The van der Waals surface area contributed by atoms with Gasteiger partial charge in [0, 0.05) is 23.7 Å². The van der Waals surface area contributed by atoms with E-state index in [0.29, 0.717) is 23.7 Å². The number of carbonyl (C=O) groups excluding carboxylic acids is 2. The van der Waals surface area contributed by atoms with Crippen molar-refractivity contribution in [2.24, 2.45) is 0 Å². The second-order valence-corrected chi connectivity index (χ2v) is 7.35. The van der Waals surface area contributed by atoms with Crippen molar-refractivity contribution >= 4 is 23.3 Å². The molecular weight excluding hydrogens is 336 g/mol. The van der Waals surface area contributed by atoms with Crippen molar-refractivity contribution in [2.75, 3.05) is 5.75 Å². The Hall–Kier alpha value is -2.15. The van der Waals surface area contributed by atoms with Crippen LogP contribution in [0, 0.1) is 13.8 Å². The number of thioether (sulfide) groups is 1. The number of Topliss-reactive ketones (excluding diaryl/α,β-unsaturated/α-hetero) is 2. The van der Waals surface area contributed by atoms with Crippen molar-refractivity contribution < 1.29 is 9.59 Å². The summed E-state index contributed by atoms with van der Waals surface area (Å²) in [6.45, 7) is 9.58. The zero-order valence-corrected chi connectivity index (χ0v) is 15.6. The molecular formula is C18H22N4O2S. The van der Waals surface area contributed by atoms with Crippen molar-refractivity contribution in [3.8, 4) is 0 Å². The fourth-order valence-electron chi connectivity index (χ4n) is 3.11. The maximum Gasteiger partial charge on any atom is 0.191 e. The number of hydrogen-bond acceptors (Lipinski definition) is 5. The smallest absolute Gasteiger partial charge is 0.191 e. The van der Waals surface area contributed by atoms with Gasteiger partial charge in [-0.25, -0.2) is 0 Å². The SMILES string of the molecule is C=CCn1c(SCC(=O)c2[nH]c(C)c(C(C)=O)c2C)nnc1C1CC1. The largest absolute Gasteiger partial charge is 0.355 e. The number of ketones is 2. The van der Waals surface area contributed by atoms with Gasteiger partial charge in [-0.05, 0) is 39.2 Å². The topological polar surface area (TPSA) is 80.6 Å². The van der Waals surface area contributed by atoms with Gasteiger partial charge >= 0.3 is 0 Å². The van der Waals surface area contributed by atoms with Gasteiger partial charge in [-0.2, -0.15) is 0 Å². The van der Waals surface area contributed by atoms with Crippen LogP contribution in [0.2, 0.25) is 0 Å². The van der Waals surface area contributed by atoms with Gasteiger partial charge in [-0.3, -0.25) is 9.59 Å². The van der Waals surface area contributed by atoms with Crippen molar-refractivity contribution in [2.45, 2.75) is 51.2 Å². The molecule has 2 aromatic rings. The molecule has 7 heteroatoms. The maximum absolute atomic E-state index is 12.6. The summed E-state index contributed by atoms with van der Waals surface area (Å²) < 4.78 is 2.04. The number of aryl methyl sites for hydroxylation is 1. The standard InChI is InChI=1S/C18H22N4O2S/c1-5-8-22-17(13-6-7-13)20-21-18(22)25-9-14(24)16-10(2)15(12(4)23)11(3)19-16/h5,13,19H,1,6-9H2,2-4H3. The Kier molecular flexibility index (Phi) is 4.94. The van der Waals surface area contributed by atoms with Gasteiger partial charge in [-0.15, -0.1) is 16.8 Å². The first-order valence-electron chi connectivity index (χ1n) is 8.34. The van der Waals surface area contributed by atoms with Crippen LogP contribution < -0.4 is 0 Å². The first-order chi connectivity index (χ1) is 11.9. The van der Waals surface area contributed by atoms with Crippen LogP contribution in [0.25, 0.3) is 0 Å². The number of aromatic amines is 1. The van der Waals surface area contributed by atoms with E-state index in [1.165, 1.54) is 18.7 Å². The third-order valence-corrected chi connectivity index (χ3v) is 5.37. The van der Waals surface area contributed by atoms with Gasteiger partial charge in [-0.1, -0.05) is 17.8 Å². The summed E-state index contributed by atoms with van der Waals surface area (Å²) in [7, 11) is 0. The predicted octanol–water partition coefficient (Wildman–Crippen LogP) is 3.46. The Morgan fingerprint density at radius 2 is 2.08 bits per heavy atom. The molecule has 132 valence electrons. The molecule has 0 saturated heterocycles. The zero-order valence-electron chi connectivity index (χ0n) is 14.8. The van der Waals surface area contributed by atoms with Crippen molar-refractivity contribution in [3.63, 3.8) is 0 Å². The van der Waals surface area contributed by atoms with Crippen molar-refractivity contribution in [3.05, 3.63) is 41.0 Å². The Morgan fingerprint density at radius 1 is 1.36 bits per heavy atom. The number of carbonyl (C=O) groups is 2. The van der Waals surface area contributed by atoms with Crippen molar-refractivity contribution in [1.82, 2.24) is 19.7 Å². The summed E-state index contributed by atoms with van der Waals surface area (Å²) in [5.74, 6) is 1.65. The van der Waals surface area contributed by atoms with E-state index in [0.717, 1.165) is 35.1 Å². The number of allylic oxidation sites excluding steroid dienone is 1. The fraction of sp³-hybridized carbons (Fsp3) is 0.444. The normalized spacial score (nSPS) is 13.9. The lowest BCUT2D eigenvalue weighted by atomic mass is 10.1. The Morgan fingerprint density at radius 3 is 2.64 bits per heavy atom. The molecule has 1 aliphatic rings. The summed E-state index contributed by atoms with van der Waals surface area (Å²) in [5.41, 5.74) is 2.58. The van der Waals surface area contributed by atoms with E-state index in [1.807, 2.05) is 24.5 Å². The van der Waals surface area contributed by atoms with E-state index in [1.54, 1.807) is 0 Å². The molecule has 0 aliphatic heterocycles. The van der Waals surface area contributed by atoms with Crippen LogP contribution in [0.3, 0.4) is 0 Å². The van der Waals surface area contributed by atoms with Crippen LogP contribution in [0.5, 0.6) is 0 Å². The third kappa shape index (κ3) is 3.46. The summed E-state index contributed by atoms with van der Waals surface area (Å²) >= 11 is 1.38. The van der Waals surface area contributed by atoms with E-state index in [-0.39, 0.29) is 17.3 Å². The van der Waals surface area contributed by atoms with Crippen LogP contribution in [0.1, 0.15) is 63.6 Å². The summed E-state index contributed by atoms with van der Waals surface area (Å²) in [4.78, 5) is 27.4. The average molecular weight is 358 g/mol. The molecule has 1 saturated carbocycles. The molecule has 3 rings (SSSR count). The summed E-state index contributed by atoms with van der Waals surface area (Å²) in [5, 5.41) is 9.27. The van der Waals surface area contributed by atoms with Gasteiger partial charge in [0.2, 0.25) is 0 Å². The molecule has 2 heterocycles. The molecule has 0 atom stereocenters. The molecule has 1 aliphatic carbocycles. The lowest BCUT2D eigenvalue weighted by Crippen LogP contribution is -2.08. The summed E-state index contributed by atoms with van der Waals surface area (Å²) in [6, 6.07) is 0. The third-order valence-electron chi connectivity index (χ3n) is 4.40. The number of nitrogens with one attached hydrogen (secondary N) is 1. The Labute approximate surface area is 151 Å². The Bertz CT molecular complexity index is 846. The van der Waals surface area contributed by atoms with Gasteiger partial charge in [0.15, 0.2) is 16.7 Å². The van der Waals surface area contributed by atoms with Crippen molar-refractivity contribution in [1.29, 1.82) is 0 Å². The molecule has 0 amide bonds. The zero-order chi connectivity index (χ0) is 18.1. The van der Waals surface area contributed by atoms with Gasteiger partial charge in [0.1, 0.15) is 5.82 Å². The molecule has 0 radical (unpaired) electrons. The number of nitrogens with zero attached hydrogens (tertiary/aromatic N) is 3. The first-order valence-corrected chi connectivity index (χ1v) is 9.32. The number of aromatic nitrogens is 4. The summed E-state index contributed by atoms with van der Waals surface area (Å²) in [6.07, 6.45) is 4.11. The van der Waals surface area contributed by atoms with Gasteiger partial charge < -0.3 is 9.55 Å². The first kappa shape index (κ1) is 17.7. The van der Waals surface area contributed by atoms with Gasteiger partial charge in [0.25, 0.3) is 0 Å². The number of H-pyrrole nitrogens is 1. The van der Waals surface area contributed by atoms with Crippen LogP contribution in [-0.4, -0.2) is 37.1 Å². The average Bonchev–Trinajstić information content (AvgIpc) is 3.25. The maximum atomic E-state index is 12.6. The highest BCUT2D eigenvalue weighted by atomic mass is 32.2. The lowest BCUT2D eigenvalue weighted by molar-refractivity contribution is 0.101. The lowest BCUT2D eigenvalue weighted by Gasteiger charge is -2.06. The van der Waals surface area contributed by atoms with E-state index < -0.39 is 0 Å². The highest BCUT2D eigenvalue weighted by Gasteiger charge is 2.30. The minimum absolute atomic E-state index is 0.0299. The molecule has 2 aromatic heterocycles. The van der Waals surface area contributed by atoms with Crippen LogP contribution in [0.4, 0.5) is 0 Å². The van der Waals surface area contributed by atoms with E-state index >= 15 is 0 Å². The molecule has 6 nitrogen and oxygen atoms in total. The van der Waals surface area contributed by atoms with Crippen LogP contribution >= 0.6 is 11.8 Å². The molecule has 0 spiro atoms. The van der Waals surface area contributed by atoms with Crippen LogP contribution in [-0.2, 0) is 6.54 Å². The van der Waals surface area contributed by atoms with E-state index in [2.05, 4.69) is 21.8 Å². The molecule has 0 bridgehead atoms. The minimum atomic E-state index is -0.0424. The molecule has 0 unspecified atom stereocenters. The Balaban J connectivity index is 1.76. The minimum Gasteiger partial charge on any atom is -0.355 e. The van der Waals surface area contributed by atoms with Gasteiger partial charge in [0.05, 0.1) is 11.4 Å². The molecule has 25 heavy (non-hydrogen) atoms. The second kappa shape index (κ2) is 7.00. The van der Waals surface area contributed by atoms with Crippen LogP contribution in [0.15, 0.2) is 17.8 Å². The quantitative estimate of drug-likeness (QED) is 0.444.